The molecule has 0 spiro atoms. The van der Waals surface area contributed by atoms with Crippen LogP contribution in [-0.2, 0) is 10.0 Å². The number of hydrogen-bond donors (Lipinski definition) is 2. The number of nitrogens with two attached hydrogens (primary N) is 1. The third-order valence-electron chi connectivity index (χ3n) is 2.59. The van der Waals surface area contributed by atoms with E-state index in [1.54, 1.807) is 24.7 Å². The molecule has 0 bridgehead atoms. The quantitative estimate of drug-likeness (QED) is 0.887. The minimum Gasteiger partial charge on any atom is -0.472 e. The molecule has 5 nitrogen and oxygen atoms in total. The normalized spacial score (nSPS) is 13.2. The minimum atomic E-state index is -3.67. The number of primary sulfonamides is 1. The van der Waals surface area contributed by atoms with Crippen LogP contribution in [0.5, 0.6) is 0 Å². The van der Waals surface area contributed by atoms with E-state index >= 15 is 0 Å². The van der Waals surface area contributed by atoms with Gasteiger partial charge in [0.05, 0.1) is 23.5 Å². The zero-order valence-electron chi connectivity index (χ0n) is 9.83. The molecule has 0 amide bonds. The maximum atomic E-state index is 11.2. The Bertz CT molecular complexity index is 621. The average molecular weight is 266 g/mol. The standard InChI is InChI=1S/C12H14N2O3S/c1-9(10-5-6-17-8-10)14-11-3-2-4-12(7-11)18(13,15)16/h2-9,14H,1H3,(H2,13,15,16). The van der Waals surface area contributed by atoms with E-state index in [1.807, 2.05) is 13.0 Å². The summed E-state index contributed by atoms with van der Waals surface area (Å²) in [4.78, 5) is 0.0897. The van der Waals surface area contributed by atoms with Gasteiger partial charge in [0, 0.05) is 11.3 Å². The van der Waals surface area contributed by atoms with Crippen molar-refractivity contribution < 1.29 is 12.8 Å². The van der Waals surface area contributed by atoms with E-state index in [0.29, 0.717) is 5.69 Å². The smallest absolute Gasteiger partial charge is 0.238 e. The molecule has 96 valence electrons. The van der Waals surface area contributed by atoms with Crippen LogP contribution in [-0.4, -0.2) is 8.42 Å². The molecule has 2 rings (SSSR count). The molecule has 1 atom stereocenters. The van der Waals surface area contributed by atoms with E-state index in [1.165, 1.54) is 12.1 Å². The lowest BCUT2D eigenvalue weighted by Gasteiger charge is -2.14. The molecular formula is C12H14N2O3S. The van der Waals surface area contributed by atoms with Crippen molar-refractivity contribution in [3.8, 4) is 0 Å². The molecule has 0 saturated carbocycles. The number of furan rings is 1. The monoisotopic (exact) mass is 266 g/mol. The Hall–Kier alpha value is -1.79. The fraction of sp³-hybridized carbons (Fsp3) is 0.167. The molecule has 3 N–H and O–H groups in total. The van der Waals surface area contributed by atoms with E-state index in [-0.39, 0.29) is 10.9 Å². The molecule has 0 saturated heterocycles. The summed E-state index contributed by atoms with van der Waals surface area (Å²) in [6.45, 7) is 1.95. The lowest BCUT2D eigenvalue weighted by Crippen LogP contribution is -2.13. The Kier molecular flexibility index (Phi) is 3.40. The highest BCUT2D eigenvalue weighted by molar-refractivity contribution is 7.89. The number of sulfonamides is 1. The van der Waals surface area contributed by atoms with E-state index in [4.69, 9.17) is 9.56 Å². The first-order valence-corrected chi connectivity index (χ1v) is 6.93. The highest BCUT2D eigenvalue weighted by atomic mass is 32.2. The van der Waals surface area contributed by atoms with E-state index in [0.717, 1.165) is 5.56 Å². The van der Waals surface area contributed by atoms with Crippen LogP contribution in [0, 0.1) is 0 Å². The molecular weight excluding hydrogens is 252 g/mol. The first kappa shape index (κ1) is 12.7. The van der Waals surface area contributed by atoms with Crippen molar-refractivity contribution in [1.82, 2.24) is 0 Å². The Balaban J connectivity index is 2.20. The molecule has 0 radical (unpaired) electrons. The highest BCUT2D eigenvalue weighted by Gasteiger charge is 2.10. The van der Waals surface area contributed by atoms with Gasteiger partial charge in [0.2, 0.25) is 10.0 Å². The van der Waals surface area contributed by atoms with Crippen molar-refractivity contribution in [2.45, 2.75) is 17.9 Å². The summed E-state index contributed by atoms with van der Waals surface area (Å²) in [7, 11) is -3.67. The summed E-state index contributed by atoms with van der Waals surface area (Å²) in [5.74, 6) is 0. The van der Waals surface area contributed by atoms with Gasteiger partial charge in [-0.25, -0.2) is 13.6 Å². The number of benzene rings is 1. The molecule has 1 aromatic carbocycles. The fourth-order valence-corrected chi connectivity index (χ4v) is 2.18. The van der Waals surface area contributed by atoms with Crippen LogP contribution >= 0.6 is 0 Å². The van der Waals surface area contributed by atoms with Crippen LogP contribution in [0.3, 0.4) is 0 Å². The number of anilines is 1. The van der Waals surface area contributed by atoms with Gasteiger partial charge in [-0.15, -0.1) is 0 Å². The third kappa shape index (κ3) is 2.91. The van der Waals surface area contributed by atoms with Crippen LogP contribution in [0.2, 0.25) is 0 Å². The van der Waals surface area contributed by atoms with E-state index in [2.05, 4.69) is 5.32 Å². The minimum absolute atomic E-state index is 0.0134. The largest absolute Gasteiger partial charge is 0.472 e. The highest BCUT2D eigenvalue weighted by Crippen LogP contribution is 2.21. The lowest BCUT2D eigenvalue weighted by atomic mass is 10.1. The Labute approximate surface area is 106 Å². The molecule has 1 unspecified atom stereocenters. The molecule has 1 aromatic heterocycles. The Morgan fingerprint density at radius 3 is 2.72 bits per heavy atom. The third-order valence-corrected chi connectivity index (χ3v) is 3.50. The van der Waals surface area contributed by atoms with Gasteiger partial charge in [0.15, 0.2) is 0 Å². The Morgan fingerprint density at radius 1 is 1.33 bits per heavy atom. The van der Waals surface area contributed by atoms with Gasteiger partial charge in [-0.05, 0) is 31.2 Å². The fourth-order valence-electron chi connectivity index (χ4n) is 1.62. The molecule has 1 heterocycles. The van der Waals surface area contributed by atoms with Crippen molar-refractivity contribution in [2.24, 2.45) is 5.14 Å². The van der Waals surface area contributed by atoms with Crippen molar-refractivity contribution in [3.63, 3.8) is 0 Å². The van der Waals surface area contributed by atoms with Gasteiger partial charge >= 0.3 is 0 Å². The summed E-state index contributed by atoms with van der Waals surface area (Å²) in [6, 6.07) is 8.26. The van der Waals surface area contributed by atoms with Gasteiger partial charge < -0.3 is 9.73 Å². The second-order valence-electron chi connectivity index (χ2n) is 4.00. The predicted molar refractivity (Wildman–Crippen MR) is 68.6 cm³/mol. The molecule has 6 heteroatoms. The van der Waals surface area contributed by atoms with Crippen LogP contribution < -0.4 is 10.5 Å². The zero-order valence-corrected chi connectivity index (χ0v) is 10.6. The SMILES string of the molecule is CC(Nc1cccc(S(N)(=O)=O)c1)c1ccoc1. The van der Waals surface area contributed by atoms with Gasteiger partial charge in [-0.1, -0.05) is 6.07 Å². The summed E-state index contributed by atoms with van der Waals surface area (Å²) in [5.41, 5.74) is 1.67. The van der Waals surface area contributed by atoms with Gasteiger partial charge in [0.25, 0.3) is 0 Å². The lowest BCUT2D eigenvalue weighted by molar-refractivity contribution is 0.562. The molecule has 2 aromatic rings. The molecule has 18 heavy (non-hydrogen) atoms. The van der Waals surface area contributed by atoms with E-state index < -0.39 is 10.0 Å². The summed E-state index contributed by atoms with van der Waals surface area (Å²) in [5, 5.41) is 8.26. The summed E-state index contributed by atoms with van der Waals surface area (Å²) in [6.07, 6.45) is 3.23. The van der Waals surface area contributed by atoms with Crippen molar-refractivity contribution in [1.29, 1.82) is 0 Å². The number of rotatable bonds is 4. The van der Waals surface area contributed by atoms with Crippen molar-refractivity contribution in [2.75, 3.05) is 5.32 Å². The van der Waals surface area contributed by atoms with Gasteiger partial charge in [-0.3, -0.25) is 0 Å². The van der Waals surface area contributed by atoms with Gasteiger partial charge in [0.1, 0.15) is 0 Å². The van der Waals surface area contributed by atoms with Gasteiger partial charge in [-0.2, -0.15) is 0 Å². The van der Waals surface area contributed by atoms with Crippen LogP contribution in [0.25, 0.3) is 0 Å². The summed E-state index contributed by atoms with van der Waals surface area (Å²) < 4.78 is 27.5. The molecule has 0 aliphatic carbocycles. The van der Waals surface area contributed by atoms with Crippen LogP contribution in [0.15, 0.2) is 52.2 Å². The zero-order chi connectivity index (χ0) is 13.2. The maximum Gasteiger partial charge on any atom is 0.238 e. The van der Waals surface area contributed by atoms with Crippen LogP contribution in [0.1, 0.15) is 18.5 Å². The second kappa shape index (κ2) is 4.83. The van der Waals surface area contributed by atoms with Crippen LogP contribution in [0.4, 0.5) is 5.69 Å². The van der Waals surface area contributed by atoms with Crippen molar-refractivity contribution >= 4 is 15.7 Å². The maximum absolute atomic E-state index is 11.2. The number of hydrogen-bond acceptors (Lipinski definition) is 4. The first-order valence-electron chi connectivity index (χ1n) is 5.38. The predicted octanol–water partition coefficient (Wildman–Crippen LogP) is 2.10. The van der Waals surface area contributed by atoms with E-state index in [9.17, 15) is 8.42 Å². The second-order valence-corrected chi connectivity index (χ2v) is 5.56. The summed E-state index contributed by atoms with van der Waals surface area (Å²) >= 11 is 0. The number of nitrogens with one attached hydrogen (secondary N) is 1. The topological polar surface area (TPSA) is 85.3 Å². The molecule has 0 aliphatic heterocycles. The molecule has 0 aliphatic rings. The molecule has 0 fully saturated rings. The Morgan fingerprint density at radius 2 is 2.11 bits per heavy atom. The average Bonchev–Trinajstić information content (AvgIpc) is 2.81. The first-order chi connectivity index (χ1) is 8.47. The van der Waals surface area contributed by atoms with Crippen molar-refractivity contribution in [3.05, 3.63) is 48.4 Å².